The highest BCUT2D eigenvalue weighted by Gasteiger charge is 2.08. The predicted molar refractivity (Wildman–Crippen MR) is 74.9 cm³/mol. The lowest BCUT2D eigenvalue weighted by molar-refractivity contribution is -0.126. The summed E-state index contributed by atoms with van der Waals surface area (Å²) in [6, 6.07) is 7.47. The van der Waals surface area contributed by atoms with Gasteiger partial charge in [0.15, 0.2) is 0 Å². The van der Waals surface area contributed by atoms with Crippen LogP contribution in [0.4, 0.5) is 0 Å². The molecule has 5 nitrogen and oxygen atoms in total. The Bertz CT molecular complexity index is 434. The van der Waals surface area contributed by atoms with Crippen LogP contribution in [0.15, 0.2) is 24.3 Å². The summed E-state index contributed by atoms with van der Waals surface area (Å²) >= 11 is 5.80. The number of likely N-dealkylation sites (N-methyl/N-ethyl adjacent to an activating group) is 2. The SMILES string of the molecule is CNC(=O)CNC(=O)CN(C)Cc1ccc(Cl)cc1. The van der Waals surface area contributed by atoms with Gasteiger partial charge in [0.25, 0.3) is 0 Å². The summed E-state index contributed by atoms with van der Waals surface area (Å²) in [4.78, 5) is 24.4. The Hall–Kier alpha value is -1.59. The molecule has 0 spiro atoms. The van der Waals surface area contributed by atoms with Gasteiger partial charge in [-0.3, -0.25) is 14.5 Å². The first-order chi connectivity index (χ1) is 9.01. The fourth-order valence-electron chi connectivity index (χ4n) is 1.53. The van der Waals surface area contributed by atoms with Gasteiger partial charge in [-0.25, -0.2) is 0 Å². The van der Waals surface area contributed by atoms with Gasteiger partial charge in [-0.05, 0) is 24.7 Å². The summed E-state index contributed by atoms with van der Waals surface area (Å²) in [5.74, 6) is -0.395. The standard InChI is InChI=1S/C13H18ClN3O2/c1-15-12(18)7-16-13(19)9-17(2)8-10-3-5-11(14)6-4-10/h3-6H,7-9H2,1-2H3,(H,15,18)(H,16,19). The van der Waals surface area contributed by atoms with Gasteiger partial charge >= 0.3 is 0 Å². The van der Waals surface area contributed by atoms with Crippen LogP contribution < -0.4 is 10.6 Å². The summed E-state index contributed by atoms with van der Waals surface area (Å²) in [6.45, 7) is 0.883. The molecule has 2 N–H and O–H groups in total. The zero-order valence-electron chi connectivity index (χ0n) is 11.1. The van der Waals surface area contributed by atoms with E-state index in [1.807, 2.05) is 36.2 Å². The Morgan fingerprint density at radius 2 is 1.84 bits per heavy atom. The molecule has 1 aromatic rings. The Labute approximate surface area is 117 Å². The highest BCUT2D eigenvalue weighted by Crippen LogP contribution is 2.10. The quantitative estimate of drug-likeness (QED) is 0.805. The Morgan fingerprint density at radius 3 is 2.42 bits per heavy atom. The van der Waals surface area contributed by atoms with Gasteiger partial charge in [-0.15, -0.1) is 0 Å². The fraction of sp³-hybridized carbons (Fsp3) is 0.385. The summed E-state index contributed by atoms with van der Waals surface area (Å²) in [5, 5.41) is 5.67. The first-order valence-electron chi connectivity index (χ1n) is 5.91. The molecule has 0 bridgehead atoms. The van der Waals surface area contributed by atoms with Crippen molar-refractivity contribution in [3.8, 4) is 0 Å². The van der Waals surface area contributed by atoms with Crippen molar-refractivity contribution in [2.75, 3.05) is 27.2 Å². The molecule has 0 aliphatic rings. The molecule has 0 aliphatic carbocycles. The van der Waals surface area contributed by atoms with E-state index >= 15 is 0 Å². The second kappa shape index (κ2) is 7.76. The third kappa shape index (κ3) is 6.22. The van der Waals surface area contributed by atoms with E-state index in [-0.39, 0.29) is 24.9 Å². The molecule has 0 aliphatic heterocycles. The summed E-state index contributed by atoms with van der Waals surface area (Å²) in [6.07, 6.45) is 0. The van der Waals surface area contributed by atoms with E-state index in [1.54, 1.807) is 0 Å². The van der Waals surface area contributed by atoms with Gasteiger partial charge in [0.1, 0.15) is 0 Å². The zero-order valence-corrected chi connectivity index (χ0v) is 11.8. The van der Waals surface area contributed by atoms with Gasteiger partial charge in [-0.1, -0.05) is 23.7 Å². The van der Waals surface area contributed by atoms with Gasteiger partial charge < -0.3 is 10.6 Å². The summed E-state index contributed by atoms with van der Waals surface area (Å²) < 4.78 is 0. The maximum atomic E-state index is 11.6. The molecule has 0 fully saturated rings. The minimum Gasteiger partial charge on any atom is -0.358 e. The van der Waals surface area contributed by atoms with Crippen molar-refractivity contribution in [1.29, 1.82) is 0 Å². The summed E-state index contributed by atoms with van der Waals surface area (Å²) in [7, 11) is 3.37. The number of nitrogens with one attached hydrogen (secondary N) is 2. The molecular formula is C13H18ClN3O2. The monoisotopic (exact) mass is 283 g/mol. The molecule has 1 aromatic carbocycles. The van der Waals surface area contributed by atoms with Crippen molar-refractivity contribution < 1.29 is 9.59 Å². The van der Waals surface area contributed by atoms with Crippen molar-refractivity contribution in [3.63, 3.8) is 0 Å². The number of carbonyl (C=O) groups excluding carboxylic acids is 2. The number of rotatable bonds is 6. The first kappa shape index (κ1) is 15.5. The van der Waals surface area contributed by atoms with E-state index in [0.717, 1.165) is 5.56 Å². The largest absolute Gasteiger partial charge is 0.358 e. The molecule has 0 radical (unpaired) electrons. The summed E-state index contributed by atoms with van der Waals surface area (Å²) in [5.41, 5.74) is 1.08. The van der Waals surface area contributed by atoms with Gasteiger partial charge in [0.05, 0.1) is 13.1 Å². The average molecular weight is 284 g/mol. The van der Waals surface area contributed by atoms with E-state index in [9.17, 15) is 9.59 Å². The molecule has 2 amide bonds. The number of hydrogen-bond acceptors (Lipinski definition) is 3. The molecule has 1 rings (SSSR count). The van der Waals surface area contributed by atoms with Gasteiger partial charge in [0.2, 0.25) is 11.8 Å². The van der Waals surface area contributed by atoms with Crippen LogP contribution in [0.5, 0.6) is 0 Å². The highest BCUT2D eigenvalue weighted by atomic mass is 35.5. The van der Waals surface area contributed by atoms with Crippen LogP contribution >= 0.6 is 11.6 Å². The molecule has 0 saturated carbocycles. The minimum atomic E-state index is -0.214. The molecule has 0 saturated heterocycles. The predicted octanol–water partition coefficient (Wildman–Crippen LogP) is 0.634. The number of hydrogen-bond donors (Lipinski definition) is 2. The molecular weight excluding hydrogens is 266 g/mol. The first-order valence-corrected chi connectivity index (χ1v) is 6.29. The molecule has 6 heteroatoms. The van der Waals surface area contributed by atoms with E-state index < -0.39 is 0 Å². The van der Waals surface area contributed by atoms with Gasteiger partial charge in [-0.2, -0.15) is 0 Å². The van der Waals surface area contributed by atoms with Crippen LogP contribution in [0.2, 0.25) is 5.02 Å². The van der Waals surface area contributed by atoms with E-state index in [2.05, 4.69) is 10.6 Å². The molecule has 0 atom stereocenters. The second-order valence-electron chi connectivity index (χ2n) is 4.25. The van der Waals surface area contributed by atoms with Crippen LogP contribution in [-0.4, -0.2) is 43.9 Å². The maximum Gasteiger partial charge on any atom is 0.239 e. The fourth-order valence-corrected chi connectivity index (χ4v) is 1.65. The van der Waals surface area contributed by atoms with Crippen molar-refractivity contribution in [2.45, 2.75) is 6.54 Å². The minimum absolute atomic E-state index is 0.00409. The number of nitrogens with zero attached hydrogens (tertiary/aromatic N) is 1. The van der Waals surface area contributed by atoms with Crippen molar-refractivity contribution in [3.05, 3.63) is 34.9 Å². The average Bonchev–Trinajstić information content (AvgIpc) is 2.38. The van der Waals surface area contributed by atoms with Crippen LogP contribution in [0.1, 0.15) is 5.56 Å². The number of benzene rings is 1. The Morgan fingerprint density at radius 1 is 1.21 bits per heavy atom. The number of amides is 2. The number of halogens is 1. The van der Waals surface area contributed by atoms with Crippen molar-refractivity contribution in [1.82, 2.24) is 15.5 Å². The lowest BCUT2D eigenvalue weighted by Crippen LogP contribution is -2.40. The lowest BCUT2D eigenvalue weighted by Gasteiger charge is -2.16. The van der Waals surface area contributed by atoms with Crippen LogP contribution in [-0.2, 0) is 16.1 Å². The van der Waals surface area contributed by atoms with Crippen molar-refractivity contribution in [2.24, 2.45) is 0 Å². The zero-order chi connectivity index (χ0) is 14.3. The van der Waals surface area contributed by atoms with E-state index in [4.69, 9.17) is 11.6 Å². The van der Waals surface area contributed by atoms with Gasteiger partial charge in [0, 0.05) is 18.6 Å². The van der Waals surface area contributed by atoms with E-state index in [1.165, 1.54) is 7.05 Å². The molecule has 0 heterocycles. The molecule has 0 unspecified atom stereocenters. The lowest BCUT2D eigenvalue weighted by atomic mass is 10.2. The number of carbonyl (C=O) groups is 2. The van der Waals surface area contributed by atoms with Crippen molar-refractivity contribution >= 4 is 23.4 Å². The smallest absolute Gasteiger partial charge is 0.239 e. The molecule has 104 valence electrons. The molecule has 19 heavy (non-hydrogen) atoms. The third-order valence-corrected chi connectivity index (χ3v) is 2.76. The topological polar surface area (TPSA) is 61.4 Å². The van der Waals surface area contributed by atoms with E-state index in [0.29, 0.717) is 11.6 Å². The highest BCUT2D eigenvalue weighted by molar-refractivity contribution is 6.30. The van der Waals surface area contributed by atoms with Crippen LogP contribution in [0.3, 0.4) is 0 Å². The molecule has 0 aromatic heterocycles. The Balaban J connectivity index is 2.34. The third-order valence-electron chi connectivity index (χ3n) is 2.50. The normalized spacial score (nSPS) is 10.3. The maximum absolute atomic E-state index is 11.6. The Kier molecular flexibility index (Phi) is 6.32. The van der Waals surface area contributed by atoms with Crippen LogP contribution in [0, 0.1) is 0 Å². The van der Waals surface area contributed by atoms with Crippen LogP contribution in [0.25, 0.3) is 0 Å². The second-order valence-corrected chi connectivity index (χ2v) is 4.69.